The van der Waals surface area contributed by atoms with Crippen LogP contribution >= 0.6 is 24.0 Å². The molecule has 0 aliphatic carbocycles. The number of guanidine groups is 1. The standard InChI is InChI=1S/C23H32N4O2.HI/c1-17(2)29-22-9-7-21(8-10-22)26-23(24)25-14-19-5-4-6-20(13-19)16-27-11-12-28-18(3)15-27;/h4-10,13,17-18H,11-12,14-16H2,1-3H3,(H3,24,25,26);1H. The van der Waals surface area contributed by atoms with Crippen molar-refractivity contribution in [3.05, 3.63) is 59.7 Å². The van der Waals surface area contributed by atoms with Crippen LogP contribution in [0.2, 0.25) is 0 Å². The number of morpholine rings is 1. The maximum atomic E-state index is 6.06. The van der Waals surface area contributed by atoms with Gasteiger partial charge in [0.05, 0.1) is 25.4 Å². The number of rotatable bonds is 7. The van der Waals surface area contributed by atoms with E-state index in [0.29, 0.717) is 18.6 Å². The lowest BCUT2D eigenvalue weighted by molar-refractivity contribution is -0.0212. The van der Waals surface area contributed by atoms with Crippen LogP contribution in [0.3, 0.4) is 0 Å². The van der Waals surface area contributed by atoms with Gasteiger partial charge in [-0.2, -0.15) is 0 Å². The average molecular weight is 524 g/mol. The fourth-order valence-corrected chi connectivity index (χ4v) is 3.37. The molecule has 1 unspecified atom stereocenters. The van der Waals surface area contributed by atoms with E-state index in [0.717, 1.165) is 43.2 Å². The van der Waals surface area contributed by atoms with E-state index in [4.69, 9.17) is 15.2 Å². The summed E-state index contributed by atoms with van der Waals surface area (Å²) in [5, 5.41) is 3.13. The monoisotopic (exact) mass is 524 g/mol. The molecule has 1 aliphatic heterocycles. The molecule has 0 saturated carbocycles. The van der Waals surface area contributed by atoms with Gasteiger partial charge in [-0.1, -0.05) is 24.3 Å². The third kappa shape index (κ3) is 8.12. The molecule has 0 bridgehead atoms. The molecule has 1 heterocycles. The Hall–Kier alpha value is -1.84. The van der Waals surface area contributed by atoms with Gasteiger partial charge in [-0.3, -0.25) is 4.90 Å². The summed E-state index contributed by atoms with van der Waals surface area (Å²) in [7, 11) is 0. The number of nitrogens with zero attached hydrogens (tertiary/aromatic N) is 2. The molecule has 0 amide bonds. The van der Waals surface area contributed by atoms with Crippen LogP contribution in [0.25, 0.3) is 0 Å². The second-order valence-electron chi connectivity index (χ2n) is 7.75. The van der Waals surface area contributed by atoms with Crippen molar-refractivity contribution in [1.29, 1.82) is 0 Å². The van der Waals surface area contributed by atoms with E-state index in [9.17, 15) is 0 Å². The van der Waals surface area contributed by atoms with Gasteiger partial charge in [0.25, 0.3) is 0 Å². The van der Waals surface area contributed by atoms with Crippen LogP contribution in [0, 0.1) is 0 Å². The highest BCUT2D eigenvalue weighted by Crippen LogP contribution is 2.17. The van der Waals surface area contributed by atoms with Crippen molar-refractivity contribution < 1.29 is 9.47 Å². The lowest BCUT2D eigenvalue weighted by Crippen LogP contribution is -2.40. The molecule has 3 N–H and O–H groups in total. The van der Waals surface area contributed by atoms with Gasteiger partial charge in [0.15, 0.2) is 5.96 Å². The lowest BCUT2D eigenvalue weighted by Gasteiger charge is -2.31. The first-order chi connectivity index (χ1) is 14.0. The summed E-state index contributed by atoms with van der Waals surface area (Å²) in [6.45, 7) is 10.4. The number of nitrogens with two attached hydrogens (primary N) is 1. The Bertz CT molecular complexity index is 811. The van der Waals surface area contributed by atoms with Crippen molar-refractivity contribution in [2.75, 3.05) is 25.0 Å². The van der Waals surface area contributed by atoms with E-state index in [-0.39, 0.29) is 30.1 Å². The minimum Gasteiger partial charge on any atom is -0.491 e. The normalized spacial score (nSPS) is 17.5. The van der Waals surface area contributed by atoms with E-state index in [1.54, 1.807) is 0 Å². The first-order valence-electron chi connectivity index (χ1n) is 10.2. The fourth-order valence-electron chi connectivity index (χ4n) is 3.37. The summed E-state index contributed by atoms with van der Waals surface area (Å²) in [6, 6.07) is 16.2. The number of nitrogens with one attached hydrogen (secondary N) is 1. The molecule has 1 aliphatic rings. The molecule has 164 valence electrons. The van der Waals surface area contributed by atoms with E-state index in [2.05, 4.69) is 46.4 Å². The smallest absolute Gasteiger partial charge is 0.193 e. The molecule has 3 rings (SSSR count). The van der Waals surface area contributed by atoms with Gasteiger partial charge in [-0.05, 0) is 56.2 Å². The fraction of sp³-hybridized carbons (Fsp3) is 0.435. The lowest BCUT2D eigenvalue weighted by atomic mass is 10.1. The maximum Gasteiger partial charge on any atom is 0.193 e. The van der Waals surface area contributed by atoms with Crippen molar-refractivity contribution >= 4 is 35.6 Å². The predicted octanol–water partition coefficient (Wildman–Crippen LogP) is 4.24. The van der Waals surface area contributed by atoms with Crippen molar-refractivity contribution in [2.45, 2.75) is 46.1 Å². The SMILES string of the molecule is CC(C)Oc1ccc(NC(N)=NCc2cccc(CN3CCOC(C)C3)c2)cc1.I. The van der Waals surface area contributed by atoms with Gasteiger partial charge in [0.2, 0.25) is 0 Å². The molecule has 1 atom stereocenters. The highest BCUT2D eigenvalue weighted by atomic mass is 127. The minimum absolute atomic E-state index is 0. The van der Waals surface area contributed by atoms with Crippen molar-refractivity contribution in [1.82, 2.24) is 4.90 Å². The number of ether oxygens (including phenoxy) is 2. The molecule has 30 heavy (non-hydrogen) atoms. The second-order valence-corrected chi connectivity index (χ2v) is 7.75. The number of aliphatic imine (C=N–C) groups is 1. The Morgan fingerprint density at radius 2 is 1.97 bits per heavy atom. The maximum absolute atomic E-state index is 6.06. The topological polar surface area (TPSA) is 72.1 Å². The molecule has 0 aromatic heterocycles. The van der Waals surface area contributed by atoms with E-state index < -0.39 is 0 Å². The Balaban J connectivity index is 0.00000320. The van der Waals surface area contributed by atoms with Gasteiger partial charge in [0, 0.05) is 25.3 Å². The molecule has 2 aromatic rings. The highest BCUT2D eigenvalue weighted by molar-refractivity contribution is 14.0. The first-order valence-corrected chi connectivity index (χ1v) is 10.2. The largest absolute Gasteiger partial charge is 0.491 e. The third-order valence-corrected chi connectivity index (χ3v) is 4.65. The zero-order valence-electron chi connectivity index (χ0n) is 18.0. The second kappa shape index (κ2) is 12.1. The minimum atomic E-state index is 0. The van der Waals surface area contributed by atoms with Crippen LogP contribution in [-0.4, -0.2) is 42.8 Å². The Labute approximate surface area is 196 Å². The summed E-state index contributed by atoms with van der Waals surface area (Å²) in [4.78, 5) is 6.91. The Morgan fingerprint density at radius 3 is 2.67 bits per heavy atom. The Morgan fingerprint density at radius 1 is 1.23 bits per heavy atom. The molecular weight excluding hydrogens is 491 g/mol. The molecule has 1 saturated heterocycles. The summed E-state index contributed by atoms with van der Waals surface area (Å²) in [5.41, 5.74) is 9.39. The van der Waals surface area contributed by atoms with Gasteiger partial charge >= 0.3 is 0 Å². The van der Waals surface area contributed by atoms with Gasteiger partial charge < -0.3 is 20.5 Å². The van der Waals surface area contributed by atoms with Gasteiger partial charge in [0.1, 0.15) is 5.75 Å². The summed E-state index contributed by atoms with van der Waals surface area (Å²) in [5.74, 6) is 1.24. The molecule has 6 nitrogen and oxygen atoms in total. The quantitative estimate of drug-likeness (QED) is 0.322. The molecule has 0 radical (unpaired) electrons. The molecule has 7 heteroatoms. The van der Waals surface area contributed by atoms with Crippen LogP contribution in [0.1, 0.15) is 31.9 Å². The number of anilines is 1. The summed E-state index contributed by atoms with van der Waals surface area (Å²) in [6.07, 6.45) is 0.455. The van der Waals surface area contributed by atoms with Crippen LogP contribution in [0.4, 0.5) is 5.69 Å². The zero-order valence-corrected chi connectivity index (χ0v) is 20.3. The number of halogens is 1. The third-order valence-electron chi connectivity index (χ3n) is 4.65. The molecular formula is C23H33IN4O2. The average Bonchev–Trinajstić information content (AvgIpc) is 2.68. The van der Waals surface area contributed by atoms with Crippen molar-refractivity contribution in [3.63, 3.8) is 0 Å². The van der Waals surface area contributed by atoms with Crippen molar-refractivity contribution in [3.8, 4) is 5.75 Å². The van der Waals surface area contributed by atoms with Gasteiger partial charge in [-0.25, -0.2) is 4.99 Å². The summed E-state index contributed by atoms with van der Waals surface area (Å²) < 4.78 is 11.3. The predicted molar refractivity (Wildman–Crippen MR) is 134 cm³/mol. The van der Waals surface area contributed by atoms with Gasteiger partial charge in [-0.15, -0.1) is 24.0 Å². The van der Waals surface area contributed by atoms with Crippen molar-refractivity contribution in [2.24, 2.45) is 10.7 Å². The first kappa shape index (κ1) is 24.4. The molecule has 0 spiro atoms. The Kier molecular flexibility index (Phi) is 9.87. The van der Waals surface area contributed by atoms with Crippen LogP contribution < -0.4 is 15.8 Å². The van der Waals surface area contributed by atoms with E-state index in [1.807, 2.05) is 38.1 Å². The van der Waals surface area contributed by atoms with E-state index in [1.165, 1.54) is 5.56 Å². The van der Waals surface area contributed by atoms with Crippen LogP contribution in [0.15, 0.2) is 53.5 Å². The summed E-state index contributed by atoms with van der Waals surface area (Å²) >= 11 is 0. The van der Waals surface area contributed by atoms with Crippen LogP contribution in [0.5, 0.6) is 5.75 Å². The van der Waals surface area contributed by atoms with Crippen LogP contribution in [-0.2, 0) is 17.8 Å². The number of hydrogen-bond acceptors (Lipinski definition) is 4. The number of benzene rings is 2. The number of hydrogen-bond donors (Lipinski definition) is 2. The highest BCUT2D eigenvalue weighted by Gasteiger charge is 2.16. The zero-order chi connectivity index (χ0) is 20.6. The molecule has 2 aromatic carbocycles. The van der Waals surface area contributed by atoms with E-state index >= 15 is 0 Å². The molecule has 1 fully saturated rings.